The molecule has 0 radical (unpaired) electrons. The number of ether oxygens (including phenoxy) is 1. The van der Waals surface area contributed by atoms with Crippen LogP contribution in [0, 0.1) is 13.8 Å². The lowest BCUT2D eigenvalue weighted by molar-refractivity contribution is 0.282. The molecule has 0 spiro atoms. The second-order valence-corrected chi connectivity index (χ2v) is 8.19. The molecule has 1 N–H and O–H groups in total. The number of pyridine rings is 1. The van der Waals surface area contributed by atoms with E-state index in [9.17, 15) is 13.5 Å². The first-order valence-electron chi connectivity index (χ1n) is 8.79. The number of aryl methyl sites for hydroxylation is 2. The summed E-state index contributed by atoms with van der Waals surface area (Å²) in [4.78, 5) is 4.47. The quantitative estimate of drug-likeness (QED) is 0.742. The van der Waals surface area contributed by atoms with E-state index in [2.05, 4.69) is 4.98 Å². The molecule has 0 saturated carbocycles. The largest absolute Gasteiger partial charge is 0.478 e. The molecule has 2 rings (SSSR count). The van der Waals surface area contributed by atoms with Gasteiger partial charge in [0.25, 0.3) is 0 Å². The van der Waals surface area contributed by atoms with Crippen LogP contribution in [0.1, 0.15) is 37.1 Å². The maximum Gasteiger partial charge on any atom is 0.213 e. The lowest BCUT2D eigenvalue weighted by Gasteiger charge is -2.13. The molecular formula is C20H29NO4S. The Morgan fingerprint density at radius 1 is 1.15 bits per heavy atom. The van der Waals surface area contributed by atoms with Crippen molar-refractivity contribution in [1.29, 1.82) is 0 Å². The number of hydrogen-bond donors (Lipinski definition) is 1. The zero-order valence-corrected chi connectivity index (χ0v) is 17.1. The average molecular weight is 380 g/mol. The van der Waals surface area contributed by atoms with E-state index < -0.39 is 9.84 Å². The van der Waals surface area contributed by atoms with Crippen LogP contribution in [0.25, 0.3) is 11.1 Å². The summed E-state index contributed by atoms with van der Waals surface area (Å²) in [6, 6.07) is 9.58. The summed E-state index contributed by atoms with van der Waals surface area (Å²) >= 11 is 0. The van der Waals surface area contributed by atoms with Crippen molar-refractivity contribution < 1.29 is 18.3 Å². The van der Waals surface area contributed by atoms with Crippen molar-refractivity contribution in [3.8, 4) is 17.0 Å². The number of hydrogen-bond acceptors (Lipinski definition) is 5. The topological polar surface area (TPSA) is 76.5 Å². The Hall–Kier alpha value is -1.92. The fourth-order valence-electron chi connectivity index (χ4n) is 2.63. The molecule has 0 aliphatic carbocycles. The van der Waals surface area contributed by atoms with E-state index in [0.717, 1.165) is 27.9 Å². The molecule has 0 aliphatic rings. The van der Waals surface area contributed by atoms with Gasteiger partial charge in [0.2, 0.25) is 5.88 Å². The Labute approximate surface area is 157 Å². The number of rotatable bonds is 7. The molecule has 0 saturated heterocycles. The van der Waals surface area contributed by atoms with Gasteiger partial charge in [-0.25, -0.2) is 13.4 Å². The van der Waals surface area contributed by atoms with E-state index in [1.807, 2.05) is 58.0 Å². The standard InChI is InChI=1S/C18H23NO4S.C2H6/c1-13-10-17(23-8-5-9-24(3,21)22)19-14(2)18(13)16-7-4-6-15(11-16)12-20;1-2/h4,6-7,10-11,20H,5,8-9,12H2,1-3H3;1-2H3. The molecule has 0 aliphatic heterocycles. The summed E-state index contributed by atoms with van der Waals surface area (Å²) in [5.41, 5.74) is 4.74. The lowest BCUT2D eigenvalue weighted by atomic mass is 9.98. The molecule has 6 heteroatoms. The highest BCUT2D eigenvalue weighted by atomic mass is 32.2. The van der Waals surface area contributed by atoms with Crippen molar-refractivity contribution in [2.45, 2.75) is 40.7 Å². The van der Waals surface area contributed by atoms with Crippen molar-refractivity contribution in [2.75, 3.05) is 18.6 Å². The third-order valence-electron chi connectivity index (χ3n) is 3.68. The summed E-state index contributed by atoms with van der Waals surface area (Å²) in [6.45, 7) is 8.22. The summed E-state index contributed by atoms with van der Waals surface area (Å²) in [6.07, 6.45) is 1.66. The summed E-state index contributed by atoms with van der Waals surface area (Å²) in [5.74, 6) is 0.609. The van der Waals surface area contributed by atoms with Crippen molar-refractivity contribution in [3.63, 3.8) is 0 Å². The van der Waals surface area contributed by atoms with Gasteiger partial charge in [-0.2, -0.15) is 0 Å². The van der Waals surface area contributed by atoms with Gasteiger partial charge < -0.3 is 9.84 Å². The predicted octanol–water partition coefficient (Wildman–Crippen LogP) is 3.70. The van der Waals surface area contributed by atoms with E-state index in [-0.39, 0.29) is 12.4 Å². The van der Waals surface area contributed by atoms with Gasteiger partial charge in [-0.3, -0.25) is 0 Å². The molecule has 26 heavy (non-hydrogen) atoms. The molecule has 0 amide bonds. The third-order valence-corrected chi connectivity index (χ3v) is 4.71. The monoisotopic (exact) mass is 379 g/mol. The Balaban J connectivity index is 0.00000163. The predicted molar refractivity (Wildman–Crippen MR) is 106 cm³/mol. The molecule has 0 bridgehead atoms. The zero-order chi connectivity index (χ0) is 19.7. The second kappa shape index (κ2) is 10.3. The van der Waals surface area contributed by atoms with Gasteiger partial charge in [0.15, 0.2) is 0 Å². The Kier molecular flexibility index (Phi) is 8.75. The molecule has 1 heterocycles. The lowest BCUT2D eigenvalue weighted by Crippen LogP contribution is -2.09. The van der Waals surface area contributed by atoms with Crippen LogP contribution in [-0.4, -0.2) is 37.1 Å². The minimum absolute atomic E-state index is 0.000888. The minimum Gasteiger partial charge on any atom is -0.478 e. The van der Waals surface area contributed by atoms with E-state index in [1.54, 1.807) is 0 Å². The molecule has 1 aromatic heterocycles. The highest BCUT2D eigenvalue weighted by Crippen LogP contribution is 2.29. The molecule has 0 atom stereocenters. The first-order chi connectivity index (χ1) is 12.3. The van der Waals surface area contributed by atoms with E-state index in [1.165, 1.54) is 6.26 Å². The molecule has 2 aromatic rings. The fourth-order valence-corrected chi connectivity index (χ4v) is 3.27. The van der Waals surface area contributed by atoms with Crippen LogP contribution in [0.4, 0.5) is 0 Å². The van der Waals surface area contributed by atoms with E-state index in [4.69, 9.17) is 4.74 Å². The second-order valence-electron chi connectivity index (χ2n) is 5.93. The first kappa shape index (κ1) is 22.1. The number of aliphatic hydroxyl groups is 1. The third kappa shape index (κ3) is 6.77. The van der Waals surface area contributed by atoms with Crippen molar-refractivity contribution in [2.24, 2.45) is 0 Å². The molecular weight excluding hydrogens is 350 g/mol. The van der Waals surface area contributed by atoms with Crippen molar-refractivity contribution >= 4 is 9.84 Å². The molecule has 0 fully saturated rings. The molecule has 0 unspecified atom stereocenters. The number of aliphatic hydroxyl groups excluding tert-OH is 1. The van der Waals surface area contributed by atoms with Crippen LogP contribution < -0.4 is 4.74 Å². The average Bonchev–Trinajstić information content (AvgIpc) is 2.59. The van der Waals surface area contributed by atoms with Crippen LogP contribution in [0.2, 0.25) is 0 Å². The maximum absolute atomic E-state index is 11.1. The van der Waals surface area contributed by atoms with Crippen molar-refractivity contribution in [1.82, 2.24) is 4.98 Å². The normalized spacial score (nSPS) is 10.8. The van der Waals surface area contributed by atoms with Crippen LogP contribution in [0.5, 0.6) is 5.88 Å². The van der Waals surface area contributed by atoms with Crippen LogP contribution >= 0.6 is 0 Å². The number of nitrogens with zero attached hydrogens (tertiary/aromatic N) is 1. The Morgan fingerprint density at radius 2 is 1.85 bits per heavy atom. The zero-order valence-electron chi connectivity index (χ0n) is 16.2. The summed E-state index contributed by atoms with van der Waals surface area (Å²) in [7, 11) is -2.97. The highest BCUT2D eigenvalue weighted by molar-refractivity contribution is 7.90. The maximum atomic E-state index is 11.1. The highest BCUT2D eigenvalue weighted by Gasteiger charge is 2.11. The van der Waals surface area contributed by atoms with Gasteiger partial charge in [0.05, 0.1) is 19.0 Å². The van der Waals surface area contributed by atoms with Gasteiger partial charge in [-0.15, -0.1) is 0 Å². The number of benzene rings is 1. The summed E-state index contributed by atoms with van der Waals surface area (Å²) < 4.78 is 27.8. The Bertz CT molecular complexity index is 793. The molecule has 1 aromatic carbocycles. The van der Waals surface area contributed by atoms with Gasteiger partial charge in [0.1, 0.15) is 9.84 Å². The van der Waals surface area contributed by atoms with Crippen molar-refractivity contribution in [3.05, 3.63) is 47.2 Å². The van der Waals surface area contributed by atoms with E-state index >= 15 is 0 Å². The van der Waals surface area contributed by atoms with Crippen LogP contribution in [-0.2, 0) is 16.4 Å². The van der Waals surface area contributed by atoms with Crippen LogP contribution in [0.15, 0.2) is 30.3 Å². The van der Waals surface area contributed by atoms with Gasteiger partial charge in [-0.1, -0.05) is 32.0 Å². The smallest absolute Gasteiger partial charge is 0.213 e. The van der Waals surface area contributed by atoms with Crippen LogP contribution in [0.3, 0.4) is 0 Å². The molecule has 5 nitrogen and oxygen atoms in total. The minimum atomic E-state index is -2.97. The van der Waals surface area contributed by atoms with Gasteiger partial charge >= 0.3 is 0 Å². The van der Waals surface area contributed by atoms with Gasteiger partial charge in [0, 0.05) is 23.6 Å². The van der Waals surface area contributed by atoms with Gasteiger partial charge in [-0.05, 0) is 43.0 Å². The Morgan fingerprint density at radius 3 is 2.42 bits per heavy atom. The SMILES string of the molecule is CC.Cc1cc(OCCCS(C)(=O)=O)nc(C)c1-c1cccc(CO)c1. The van der Waals surface area contributed by atoms with E-state index in [0.29, 0.717) is 18.9 Å². The number of sulfone groups is 1. The molecule has 144 valence electrons. The number of aromatic nitrogens is 1. The first-order valence-corrected chi connectivity index (χ1v) is 10.8. The fraction of sp³-hybridized carbons (Fsp3) is 0.450. The summed E-state index contributed by atoms with van der Waals surface area (Å²) in [5, 5.41) is 9.29.